The van der Waals surface area contributed by atoms with Gasteiger partial charge >= 0.3 is 0 Å². The van der Waals surface area contributed by atoms with Crippen LogP contribution in [0.2, 0.25) is 0 Å². The molecule has 0 aliphatic carbocycles. The molecule has 4 heteroatoms. The Morgan fingerprint density at radius 2 is 2.27 bits per heavy atom. The normalized spacial score (nSPS) is 24.6. The van der Waals surface area contributed by atoms with E-state index in [-0.39, 0.29) is 12.5 Å². The average Bonchev–Trinajstić information content (AvgIpc) is 2.38. The maximum absolute atomic E-state index is 13.2. The van der Waals surface area contributed by atoms with Crippen LogP contribution in [-0.4, -0.2) is 29.3 Å². The number of rotatable bonds is 3. The molecule has 0 aromatic carbocycles. The summed E-state index contributed by atoms with van der Waals surface area (Å²) in [7, 11) is 0. The van der Waals surface area contributed by atoms with E-state index in [1.54, 1.807) is 0 Å². The number of amides is 1. The molecule has 0 saturated carbocycles. The Hall–Kier alpha value is -0.930. The quantitative estimate of drug-likeness (QED) is 0.665. The summed E-state index contributed by atoms with van der Waals surface area (Å²) < 4.78 is 26.3. The lowest BCUT2D eigenvalue weighted by Crippen LogP contribution is -2.35. The number of hydrogen-bond acceptors (Lipinski definition) is 1. The highest BCUT2D eigenvalue weighted by Crippen LogP contribution is 2.34. The molecule has 0 spiro atoms. The van der Waals surface area contributed by atoms with Crippen LogP contribution in [0.3, 0.4) is 0 Å². The monoisotopic (exact) mass is 217 g/mol. The highest BCUT2D eigenvalue weighted by molar-refractivity contribution is 5.87. The van der Waals surface area contributed by atoms with E-state index < -0.39 is 18.4 Å². The van der Waals surface area contributed by atoms with E-state index in [1.807, 2.05) is 13.8 Å². The van der Waals surface area contributed by atoms with Crippen molar-refractivity contribution in [1.29, 1.82) is 0 Å². The molecule has 1 heterocycles. The highest BCUT2D eigenvalue weighted by Gasteiger charge is 2.46. The molecule has 0 bridgehead atoms. The fourth-order valence-corrected chi connectivity index (χ4v) is 2.03. The summed E-state index contributed by atoms with van der Waals surface area (Å²) in [5, 5.41) is 0. The molecule has 15 heavy (non-hydrogen) atoms. The summed E-state index contributed by atoms with van der Waals surface area (Å²) >= 11 is 0. The number of carbonyl (C=O) groups excluding carboxylic acids is 1. The fourth-order valence-electron chi connectivity index (χ4n) is 2.03. The molecule has 0 unspecified atom stereocenters. The average molecular weight is 217 g/mol. The minimum Gasteiger partial charge on any atom is -0.330 e. The molecule has 2 nitrogen and oxygen atoms in total. The first-order valence-corrected chi connectivity index (χ1v) is 5.16. The Morgan fingerprint density at radius 1 is 1.67 bits per heavy atom. The zero-order chi connectivity index (χ0) is 11.6. The first kappa shape index (κ1) is 12.1. The standard InChI is InChI=1S/C11H17F2NO/c1-4-10(15)14-7-11(12,13)6-9(14)5-8(2)3/h4,8-9H,1,5-7H2,2-3H3/t9-/m1/s1. The van der Waals surface area contributed by atoms with E-state index in [0.29, 0.717) is 12.3 Å². The first-order chi connectivity index (χ1) is 6.85. The second-order valence-corrected chi connectivity index (χ2v) is 4.51. The van der Waals surface area contributed by atoms with E-state index in [4.69, 9.17) is 0 Å². The molecular weight excluding hydrogens is 200 g/mol. The van der Waals surface area contributed by atoms with Gasteiger partial charge in [-0.05, 0) is 18.4 Å². The van der Waals surface area contributed by atoms with Crippen LogP contribution in [-0.2, 0) is 4.79 Å². The molecule has 1 atom stereocenters. The SMILES string of the molecule is C=CC(=O)N1CC(F)(F)C[C@H]1CC(C)C. The molecule has 1 fully saturated rings. The van der Waals surface area contributed by atoms with Crippen molar-refractivity contribution in [2.45, 2.75) is 38.7 Å². The van der Waals surface area contributed by atoms with Gasteiger partial charge in [-0.2, -0.15) is 0 Å². The summed E-state index contributed by atoms with van der Waals surface area (Å²) in [6.45, 7) is 6.80. The van der Waals surface area contributed by atoms with Gasteiger partial charge in [0.05, 0.1) is 6.54 Å². The third-order valence-electron chi connectivity index (χ3n) is 2.58. The van der Waals surface area contributed by atoms with Gasteiger partial charge in [-0.15, -0.1) is 0 Å². The zero-order valence-electron chi connectivity index (χ0n) is 9.17. The maximum Gasteiger partial charge on any atom is 0.267 e. The molecule has 0 aromatic rings. The van der Waals surface area contributed by atoms with Gasteiger partial charge in [0.25, 0.3) is 5.92 Å². The van der Waals surface area contributed by atoms with Gasteiger partial charge in [0.2, 0.25) is 5.91 Å². The lowest BCUT2D eigenvalue weighted by atomic mass is 10.0. The van der Waals surface area contributed by atoms with E-state index >= 15 is 0 Å². The van der Waals surface area contributed by atoms with Crippen LogP contribution < -0.4 is 0 Å². The molecule has 0 aromatic heterocycles. The van der Waals surface area contributed by atoms with Crippen LogP contribution in [0, 0.1) is 5.92 Å². The van der Waals surface area contributed by atoms with Crippen LogP contribution in [0.1, 0.15) is 26.7 Å². The number of halogens is 2. The first-order valence-electron chi connectivity index (χ1n) is 5.16. The Bertz CT molecular complexity index is 263. The predicted molar refractivity (Wildman–Crippen MR) is 54.7 cm³/mol. The van der Waals surface area contributed by atoms with Gasteiger partial charge in [-0.25, -0.2) is 8.78 Å². The van der Waals surface area contributed by atoms with E-state index in [1.165, 1.54) is 4.90 Å². The van der Waals surface area contributed by atoms with Crippen molar-refractivity contribution >= 4 is 5.91 Å². The second kappa shape index (κ2) is 4.29. The molecule has 1 aliphatic rings. The predicted octanol–water partition coefficient (Wildman–Crippen LogP) is 2.45. The largest absolute Gasteiger partial charge is 0.330 e. The lowest BCUT2D eigenvalue weighted by molar-refractivity contribution is -0.128. The minimum absolute atomic E-state index is 0.217. The maximum atomic E-state index is 13.2. The molecule has 1 saturated heterocycles. The lowest BCUT2D eigenvalue weighted by Gasteiger charge is -2.23. The summed E-state index contributed by atoms with van der Waals surface area (Å²) in [5.74, 6) is -2.82. The number of alkyl halides is 2. The Kier molecular flexibility index (Phi) is 3.47. The Labute approximate surface area is 88.9 Å². The molecule has 0 radical (unpaired) electrons. The molecule has 1 rings (SSSR count). The van der Waals surface area contributed by atoms with Crippen LogP contribution in [0.5, 0.6) is 0 Å². The summed E-state index contributed by atoms with van der Waals surface area (Å²) in [6.07, 6.45) is 1.51. The Morgan fingerprint density at radius 3 is 2.73 bits per heavy atom. The van der Waals surface area contributed by atoms with E-state index in [2.05, 4.69) is 6.58 Å². The van der Waals surface area contributed by atoms with Crippen molar-refractivity contribution in [2.24, 2.45) is 5.92 Å². The van der Waals surface area contributed by atoms with Gasteiger partial charge in [-0.3, -0.25) is 4.79 Å². The van der Waals surface area contributed by atoms with Crippen LogP contribution in [0.4, 0.5) is 8.78 Å². The van der Waals surface area contributed by atoms with Gasteiger partial charge in [0.15, 0.2) is 0 Å². The van der Waals surface area contributed by atoms with Crippen molar-refractivity contribution in [3.8, 4) is 0 Å². The van der Waals surface area contributed by atoms with Crippen LogP contribution in [0.25, 0.3) is 0 Å². The van der Waals surface area contributed by atoms with Gasteiger partial charge < -0.3 is 4.90 Å². The summed E-state index contributed by atoms with van der Waals surface area (Å²) in [5.41, 5.74) is 0. The van der Waals surface area contributed by atoms with Crippen molar-refractivity contribution in [1.82, 2.24) is 4.90 Å². The Balaban J connectivity index is 2.74. The van der Waals surface area contributed by atoms with E-state index in [9.17, 15) is 13.6 Å². The van der Waals surface area contributed by atoms with Crippen LogP contribution in [0.15, 0.2) is 12.7 Å². The van der Waals surface area contributed by atoms with Crippen LogP contribution >= 0.6 is 0 Å². The number of carbonyl (C=O) groups is 1. The smallest absolute Gasteiger partial charge is 0.267 e. The van der Waals surface area contributed by atoms with Gasteiger partial charge in [-0.1, -0.05) is 20.4 Å². The summed E-state index contributed by atoms with van der Waals surface area (Å²) in [4.78, 5) is 12.6. The molecule has 1 amide bonds. The topological polar surface area (TPSA) is 20.3 Å². The number of hydrogen-bond donors (Lipinski definition) is 0. The van der Waals surface area contributed by atoms with Gasteiger partial charge in [0.1, 0.15) is 0 Å². The minimum atomic E-state index is -2.74. The molecule has 86 valence electrons. The zero-order valence-corrected chi connectivity index (χ0v) is 9.17. The molecular formula is C11H17F2NO. The van der Waals surface area contributed by atoms with E-state index in [0.717, 1.165) is 6.08 Å². The van der Waals surface area contributed by atoms with Crippen molar-refractivity contribution in [3.05, 3.63) is 12.7 Å². The molecule has 1 aliphatic heterocycles. The third kappa shape index (κ3) is 3.01. The molecule has 0 N–H and O–H groups in total. The third-order valence-corrected chi connectivity index (χ3v) is 2.58. The highest BCUT2D eigenvalue weighted by atomic mass is 19.3. The van der Waals surface area contributed by atoms with Crippen molar-refractivity contribution < 1.29 is 13.6 Å². The summed E-state index contributed by atoms with van der Waals surface area (Å²) in [6, 6.07) is -0.342. The fraction of sp³-hybridized carbons (Fsp3) is 0.727. The van der Waals surface area contributed by atoms with Gasteiger partial charge in [0, 0.05) is 12.5 Å². The number of likely N-dealkylation sites (tertiary alicyclic amines) is 1. The van der Waals surface area contributed by atoms with Crippen molar-refractivity contribution in [3.63, 3.8) is 0 Å². The second-order valence-electron chi connectivity index (χ2n) is 4.51. The van der Waals surface area contributed by atoms with Crippen molar-refractivity contribution in [2.75, 3.05) is 6.54 Å². The number of nitrogens with zero attached hydrogens (tertiary/aromatic N) is 1.